The average Bonchev–Trinajstić information content (AvgIpc) is 2.63. The summed E-state index contributed by atoms with van der Waals surface area (Å²) in [7, 11) is 0. The van der Waals surface area contributed by atoms with Gasteiger partial charge in [-0.3, -0.25) is 4.79 Å². The summed E-state index contributed by atoms with van der Waals surface area (Å²) in [6, 6.07) is 0. The summed E-state index contributed by atoms with van der Waals surface area (Å²) in [5, 5.41) is 8.80. The van der Waals surface area contributed by atoms with E-state index in [2.05, 4.69) is 0 Å². The van der Waals surface area contributed by atoms with Crippen LogP contribution in [0.3, 0.4) is 0 Å². The van der Waals surface area contributed by atoms with Crippen molar-refractivity contribution >= 4 is 5.97 Å². The van der Waals surface area contributed by atoms with E-state index in [9.17, 15) is 4.79 Å². The Morgan fingerprint density at radius 3 is 2.79 bits per heavy atom. The van der Waals surface area contributed by atoms with E-state index in [1.807, 2.05) is 0 Å². The van der Waals surface area contributed by atoms with E-state index in [0.717, 1.165) is 12.8 Å². The van der Waals surface area contributed by atoms with Gasteiger partial charge in [0, 0.05) is 6.54 Å². The third-order valence-electron chi connectivity index (χ3n) is 2.18. The minimum Gasteiger partial charge on any atom is -0.463 e. The lowest BCUT2D eigenvalue weighted by Crippen LogP contribution is -2.21. The van der Waals surface area contributed by atoms with E-state index in [-0.39, 0.29) is 37.8 Å². The van der Waals surface area contributed by atoms with Crippen LogP contribution in [0.4, 0.5) is 0 Å². The average molecular weight is 203 g/mol. The first-order valence-electron chi connectivity index (χ1n) is 4.88. The van der Waals surface area contributed by atoms with Crippen LogP contribution in [0.25, 0.3) is 0 Å². The van der Waals surface area contributed by atoms with Crippen LogP contribution in [0, 0.1) is 0 Å². The molecule has 0 spiro atoms. The molecular formula is C9H17NO4. The number of carbonyl (C=O) groups is 1. The largest absolute Gasteiger partial charge is 0.463 e. The molecule has 0 aromatic carbocycles. The summed E-state index contributed by atoms with van der Waals surface area (Å²) in [6.07, 6.45) is 1.76. The van der Waals surface area contributed by atoms with Gasteiger partial charge in [0.05, 0.1) is 25.2 Å². The van der Waals surface area contributed by atoms with E-state index < -0.39 is 0 Å². The Morgan fingerprint density at radius 2 is 2.21 bits per heavy atom. The maximum atomic E-state index is 10.9. The third-order valence-corrected chi connectivity index (χ3v) is 2.18. The normalized spacial score (nSPS) is 26.4. The first kappa shape index (κ1) is 11.4. The maximum absolute atomic E-state index is 10.9. The molecule has 3 N–H and O–H groups in total. The molecule has 0 bridgehead atoms. The van der Waals surface area contributed by atoms with Crippen LogP contribution in [0.15, 0.2) is 0 Å². The fourth-order valence-corrected chi connectivity index (χ4v) is 1.41. The molecule has 14 heavy (non-hydrogen) atoms. The van der Waals surface area contributed by atoms with Gasteiger partial charge in [-0.05, 0) is 12.8 Å². The fraction of sp³-hybridized carbons (Fsp3) is 0.889. The summed E-state index contributed by atoms with van der Waals surface area (Å²) in [5.74, 6) is -0.288. The van der Waals surface area contributed by atoms with E-state index in [4.69, 9.17) is 20.3 Å². The summed E-state index contributed by atoms with van der Waals surface area (Å²) in [4.78, 5) is 10.9. The van der Waals surface area contributed by atoms with Gasteiger partial charge in [0.1, 0.15) is 6.61 Å². The Bertz CT molecular complexity index is 186. The minimum atomic E-state index is -0.288. The molecule has 2 atom stereocenters. The van der Waals surface area contributed by atoms with Crippen molar-refractivity contribution in [2.45, 2.75) is 31.5 Å². The molecule has 5 heteroatoms. The van der Waals surface area contributed by atoms with Crippen LogP contribution in [-0.4, -0.2) is 43.0 Å². The summed E-state index contributed by atoms with van der Waals surface area (Å²) < 4.78 is 10.3. The first-order valence-corrected chi connectivity index (χ1v) is 4.88. The molecule has 1 heterocycles. The molecule has 0 radical (unpaired) electrons. The third kappa shape index (κ3) is 3.61. The second kappa shape index (κ2) is 5.95. The van der Waals surface area contributed by atoms with Crippen LogP contribution < -0.4 is 5.73 Å². The zero-order chi connectivity index (χ0) is 10.4. The molecule has 0 aromatic rings. The fourth-order valence-electron chi connectivity index (χ4n) is 1.41. The van der Waals surface area contributed by atoms with Crippen molar-refractivity contribution < 1.29 is 19.4 Å². The smallest absolute Gasteiger partial charge is 0.307 e. The topological polar surface area (TPSA) is 81.8 Å². The monoisotopic (exact) mass is 203 g/mol. The Hall–Kier alpha value is -0.650. The highest BCUT2D eigenvalue weighted by Crippen LogP contribution is 2.19. The molecule has 0 saturated carbocycles. The Morgan fingerprint density at radius 1 is 1.50 bits per heavy atom. The second-order valence-electron chi connectivity index (χ2n) is 3.36. The van der Waals surface area contributed by atoms with Crippen molar-refractivity contribution in [2.24, 2.45) is 5.73 Å². The predicted octanol–water partition coefficient (Wildman–Crippen LogP) is -0.582. The summed E-state index contributed by atoms with van der Waals surface area (Å²) in [5.41, 5.74) is 5.19. The number of rotatable bonds is 5. The SMILES string of the molecule is NCCC(=O)OC[C@@H]1CC[C@@H](CO)O1. The lowest BCUT2D eigenvalue weighted by atomic mass is 10.2. The van der Waals surface area contributed by atoms with E-state index >= 15 is 0 Å². The molecule has 1 aliphatic heterocycles. The molecule has 0 unspecified atom stereocenters. The molecule has 0 aromatic heterocycles. The molecule has 1 aliphatic rings. The Balaban J connectivity index is 2.11. The molecular weight excluding hydrogens is 186 g/mol. The molecule has 0 aliphatic carbocycles. The van der Waals surface area contributed by atoms with Crippen molar-refractivity contribution in [1.82, 2.24) is 0 Å². The quantitative estimate of drug-likeness (QED) is 0.584. The standard InChI is InChI=1S/C9H17NO4/c10-4-3-9(12)13-6-8-2-1-7(5-11)14-8/h7-8,11H,1-6,10H2/t7-,8-/m0/s1. The number of hydrogen-bond acceptors (Lipinski definition) is 5. The lowest BCUT2D eigenvalue weighted by Gasteiger charge is -2.12. The predicted molar refractivity (Wildman–Crippen MR) is 49.6 cm³/mol. The molecule has 0 amide bonds. The van der Waals surface area contributed by atoms with E-state index in [1.165, 1.54) is 0 Å². The number of aliphatic hydroxyl groups is 1. The van der Waals surface area contributed by atoms with Gasteiger partial charge in [-0.2, -0.15) is 0 Å². The van der Waals surface area contributed by atoms with E-state index in [1.54, 1.807) is 0 Å². The van der Waals surface area contributed by atoms with Gasteiger partial charge in [-0.1, -0.05) is 0 Å². The van der Waals surface area contributed by atoms with Crippen molar-refractivity contribution in [1.29, 1.82) is 0 Å². The number of esters is 1. The highest BCUT2D eigenvalue weighted by Gasteiger charge is 2.25. The number of carbonyl (C=O) groups excluding carboxylic acids is 1. The van der Waals surface area contributed by atoms with Crippen LogP contribution in [0.1, 0.15) is 19.3 Å². The number of hydrogen-bond donors (Lipinski definition) is 2. The second-order valence-corrected chi connectivity index (χ2v) is 3.36. The van der Waals surface area contributed by atoms with Crippen LogP contribution >= 0.6 is 0 Å². The number of aliphatic hydroxyl groups excluding tert-OH is 1. The van der Waals surface area contributed by atoms with Gasteiger partial charge in [0.25, 0.3) is 0 Å². The van der Waals surface area contributed by atoms with Crippen molar-refractivity contribution in [2.75, 3.05) is 19.8 Å². The lowest BCUT2D eigenvalue weighted by molar-refractivity contribution is -0.147. The Labute approximate surface area is 83.2 Å². The molecule has 1 saturated heterocycles. The number of nitrogens with two attached hydrogens (primary N) is 1. The van der Waals surface area contributed by atoms with Gasteiger partial charge in [0.15, 0.2) is 0 Å². The summed E-state index contributed by atoms with van der Waals surface area (Å²) >= 11 is 0. The van der Waals surface area contributed by atoms with Crippen LogP contribution in [-0.2, 0) is 14.3 Å². The maximum Gasteiger partial charge on any atom is 0.307 e. The van der Waals surface area contributed by atoms with Crippen molar-refractivity contribution in [3.05, 3.63) is 0 Å². The summed E-state index contributed by atoms with van der Waals surface area (Å²) in [6.45, 7) is 0.617. The highest BCUT2D eigenvalue weighted by atomic mass is 16.6. The molecule has 82 valence electrons. The van der Waals surface area contributed by atoms with Gasteiger partial charge >= 0.3 is 5.97 Å². The zero-order valence-electron chi connectivity index (χ0n) is 8.15. The van der Waals surface area contributed by atoms with Crippen molar-refractivity contribution in [3.63, 3.8) is 0 Å². The first-order chi connectivity index (χ1) is 6.76. The molecule has 5 nitrogen and oxygen atoms in total. The van der Waals surface area contributed by atoms with Gasteiger partial charge in [0.2, 0.25) is 0 Å². The van der Waals surface area contributed by atoms with Crippen LogP contribution in [0.5, 0.6) is 0 Å². The Kier molecular flexibility index (Phi) is 4.86. The highest BCUT2D eigenvalue weighted by molar-refractivity contribution is 5.69. The number of ether oxygens (including phenoxy) is 2. The van der Waals surface area contributed by atoms with Gasteiger partial charge in [-0.15, -0.1) is 0 Å². The molecule has 1 rings (SSSR count). The van der Waals surface area contributed by atoms with Gasteiger partial charge in [-0.25, -0.2) is 0 Å². The van der Waals surface area contributed by atoms with Gasteiger partial charge < -0.3 is 20.3 Å². The van der Waals surface area contributed by atoms with E-state index in [0.29, 0.717) is 6.54 Å². The molecule has 1 fully saturated rings. The van der Waals surface area contributed by atoms with Crippen LogP contribution in [0.2, 0.25) is 0 Å². The zero-order valence-corrected chi connectivity index (χ0v) is 8.15. The minimum absolute atomic E-state index is 0.0350. The van der Waals surface area contributed by atoms with Crippen molar-refractivity contribution in [3.8, 4) is 0 Å².